The first-order valence-corrected chi connectivity index (χ1v) is 6.08. The van der Waals surface area contributed by atoms with Crippen LogP contribution >= 0.6 is 0 Å². The third-order valence-corrected chi connectivity index (χ3v) is 3.46. The average Bonchev–Trinajstić information content (AvgIpc) is 2.45. The van der Waals surface area contributed by atoms with Crippen molar-refractivity contribution in [2.75, 3.05) is 0 Å². The molecule has 18 heavy (non-hydrogen) atoms. The zero-order valence-electron chi connectivity index (χ0n) is 9.80. The first kappa shape index (κ1) is 9.60. The van der Waals surface area contributed by atoms with Crippen molar-refractivity contribution < 1.29 is 0 Å². The maximum atomic E-state index is 4.56. The van der Waals surface area contributed by atoms with E-state index in [0.717, 1.165) is 5.52 Å². The van der Waals surface area contributed by atoms with Crippen molar-refractivity contribution in [3.8, 4) is 0 Å². The molecule has 0 saturated heterocycles. The Bertz CT molecular complexity index is 872. The van der Waals surface area contributed by atoms with Gasteiger partial charge in [0.05, 0.1) is 5.52 Å². The smallest absolute Gasteiger partial charge is 0.0714 e. The van der Waals surface area contributed by atoms with E-state index in [1.54, 1.807) is 0 Å². The van der Waals surface area contributed by atoms with Gasteiger partial charge in [-0.3, -0.25) is 4.98 Å². The number of fused-ring (bicyclic) bond motifs is 4. The molecule has 0 aliphatic rings. The summed E-state index contributed by atoms with van der Waals surface area (Å²) in [5.74, 6) is 0. The second-order valence-electron chi connectivity index (χ2n) is 4.56. The van der Waals surface area contributed by atoms with E-state index in [4.69, 9.17) is 0 Å². The number of nitrogens with zero attached hydrogens (tertiary/aromatic N) is 1. The van der Waals surface area contributed by atoms with Gasteiger partial charge in [0.15, 0.2) is 0 Å². The van der Waals surface area contributed by atoms with E-state index < -0.39 is 0 Å². The van der Waals surface area contributed by atoms with Gasteiger partial charge in [-0.1, -0.05) is 48.5 Å². The quantitative estimate of drug-likeness (QED) is 0.318. The topological polar surface area (TPSA) is 12.9 Å². The van der Waals surface area contributed by atoms with E-state index in [1.165, 1.54) is 26.9 Å². The standard InChI is InChI=1S/C17H11N/c1-2-6-13-10-17-16(9-12(13)5-1)15-8-4-3-7-14(15)11-18-17/h1-11H. The summed E-state index contributed by atoms with van der Waals surface area (Å²) in [6.45, 7) is 0. The first-order chi connectivity index (χ1) is 8.92. The zero-order valence-corrected chi connectivity index (χ0v) is 9.80. The van der Waals surface area contributed by atoms with Crippen molar-refractivity contribution in [1.29, 1.82) is 0 Å². The third kappa shape index (κ3) is 1.31. The van der Waals surface area contributed by atoms with Crippen LogP contribution < -0.4 is 0 Å². The highest BCUT2D eigenvalue weighted by Crippen LogP contribution is 2.27. The summed E-state index contributed by atoms with van der Waals surface area (Å²) in [6.07, 6.45) is 1.95. The van der Waals surface area contributed by atoms with Crippen LogP contribution in [-0.2, 0) is 0 Å². The molecule has 1 heteroatoms. The van der Waals surface area contributed by atoms with Crippen LogP contribution in [0.3, 0.4) is 0 Å². The van der Waals surface area contributed by atoms with Crippen LogP contribution in [0.5, 0.6) is 0 Å². The van der Waals surface area contributed by atoms with Crippen molar-refractivity contribution in [2.45, 2.75) is 0 Å². The number of benzene rings is 3. The predicted octanol–water partition coefficient (Wildman–Crippen LogP) is 4.54. The molecule has 0 saturated carbocycles. The summed E-state index contributed by atoms with van der Waals surface area (Å²) in [4.78, 5) is 4.56. The maximum Gasteiger partial charge on any atom is 0.0714 e. The Labute approximate surface area is 105 Å². The Balaban J connectivity index is 2.27. The van der Waals surface area contributed by atoms with Crippen molar-refractivity contribution in [3.05, 3.63) is 66.9 Å². The fraction of sp³-hybridized carbons (Fsp3) is 0. The lowest BCUT2D eigenvalue weighted by Crippen LogP contribution is -1.82. The molecule has 0 unspecified atom stereocenters. The fourth-order valence-electron chi connectivity index (χ4n) is 2.54. The van der Waals surface area contributed by atoms with E-state index in [0.29, 0.717) is 0 Å². The molecule has 0 radical (unpaired) electrons. The van der Waals surface area contributed by atoms with E-state index in [9.17, 15) is 0 Å². The number of hydrogen-bond acceptors (Lipinski definition) is 1. The van der Waals surface area contributed by atoms with Gasteiger partial charge in [-0.25, -0.2) is 0 Å². The average molecular weight is 229 g/mol. The van der Waals surface area contributed by atoms with E-state index in [1.807, 2.05) is 6.20 Å². The lowest BCUT2D eigenvalue weighted by molar-refractivity contribution is 1.45. The Morgan fingerprint density at radius 2 is 1.28 bits per heavy atom. The van der Waals surface area contributed by atoms with Crippen LogP contribution in [-0.4, -0.2) is 4.98 Å². The second kappa shape index (κ2) is 3.54. The van der Waals surface area contributed by atoms with Crippen LogP contribution in [0.2, 0.25) is 0 Å². The molecule has 0 aliphatic heterocycles. The molecule has 3 aromatic carbocycles. The molecule has 0 N–H and O–H groups in total. The molecule has 0 bridgehead atoms. The van der Waals surface area contributed by atoms with Crippen molar-refractivity contribution >= 4 is 32.4 Å². The second-order valence-corrected chi connectivity index (χ2v) is 4.56. The van der Waals surface area contributed by atoms with Gasteiger partial charge in [0, 0.05) is 17.0 Å². The Hall–Kier alpha value is -2.41. The van der Waals surface area contributed by atoms with Gasteiger partial charge >= 0.3 is 0 Å². The van der Waals surface area contributed by atoms with Crippen LogP contribution in [0, 0.1) is 0 Å². The summed E-state index contributed by atoms with van der Waals surface area (Å²) in [5.41, 5.74) is 1.06. The zero-order chi connectivity index (χ0) is 11.9. The number of aromatic nitrogens is 1. The number of hydrogen-bond donors (Lipinski definition) is 0. The molecule has 0 atom stereocenters. The highest BCUT2D eigenvalue weighted by Gasteiger charge is 2.02. The van der Waals surface area contributed by atoms with Crippen LogP contribution in [0.1, 0.15) is 0 Å². The molecule has 1 nitrogen and oxygen atoms in total. The molecule has 4 aromatic rings. The van der Waals surface area contributed by atoms with Gasteiger partial charge in [-0.15, -0.1) is 0 Å². The summed E-state index contributed by atoms with van der Waals surface area (Å²) in [5, 5.41) is 6.20. The summed E-state index contributed by atoms with van der Waals surface area (Å²) < 4.78 is 0. The van der Waals surface area contributed by atoms with Crippen LogP contribution in [0.15, 0.2) is 66.9 Å². The third-order valence-electron chi connectivity index (χ3n) is 3.46. The van der Waals surface area contributed by atoms with Crippen LogP contribution in [0.25, 0.3) is 32.4 Å². The molecular formula is C17H11N. The Kier molecular flexibility index (Phi) is 1.89. The minimum Gasteiger partial charge on any atom is -0.256 e. The predicted molar refractivity (Wildman–Crippen MR) is 76.8 cm³/mol. The maximum absolute atomic E-state index is 4.56. The summed E-state index contributed by atoms with van der Waals surface area (Å²) in [6, 6.07) is 21.2. The molecule has 1 heterocycles. The number of pyridine rings is 1. The minimum absolute atomic E-state index is 1.06. The van der Waals surface area contributed by atoms with Crippen molar-refractivity contribution in [2.24, 2.45) is 0 Å². The van der Waals surface area contributed by atoms with E-state index in [-0.39, 0.29) is 0 Å². The van der Waals surface area contributed by atoms with Gasteiger partial charge in [0.2, 0.25) is 0 Å². The van der Waals surface area contributed by atoms with Gasteiger partial charge in [0.25, 0.3) is 0 Å². The molecule has 4 rings (SSSR count). The largest absolute Gasteiger partial charge is 0.256 e. The van der Waals surface area contributed by atoms with Gasteiger partial charge in [-0.05, 0) is 28.3 Å². The van der Waals surface area contributed by atoms with Gasteiger partial charge in [-0.2, -0.15) is 0 Å². The van der Waals surface area contributed by atoms with Gasteiger partial charge in [0.1, 0.15) is 0 Å². The lowest BCUT2D eigenvalue weighted by atomic mass is 10.0. The van der Waals surface area contributed by atoms with E-state index in [2.05, 4.69) is 65.6 Å². The van der Waals surface area contributed by atoms with Crippen LogP contribution in [0.4, 0.5) is 0 Å². The highest BCUT2D eigenvalue weighted by molar-refractivity contribution is 6.10. The minimum atomic E-state index is 1.06. The monoisotopic (exact) mass is 229 g/mol. The highest BCUT2D eigenvalue weighted by atomic mass is 14.6. The summed E-state index contributed by atoms with van der Waals surface area (Å²) in [7, 11) is 0. The molecule has 84 valence electrons. The molecular weight excluding hydrogens is 218 g/mol. The lowest BCUT2D eigenvalue weighted by Gasteiger charge is -2.05. The summed E-state index contributed by atoms with van der Waals surface area (Å²) >= 11 is 0. The van der Waals surface area contributed by atoms with Gasteiger partial charge < -0.3 is 0 Å². The first-order valence-electron chi connectivity index (χ1n) is 6.08. The van der Waals surface area contributed by atoms with Crippen molar-refractivity contribution in [3.63, 3.8) is 0 Å². The fourth-order valence-corrected chi connectivity index (χ4v) is 2.54. The molecule has 0 amide bonds. The normalized spacial score (nSPS) is 11.3. The molecule has 1 aromatic heterocycles. The Morgan fingerprint density at radius 3 is 2.11 bits per heavy atom. The SMILES string of the molecule is c1ccc2cc3c(cc2c1)ncc1ccccc13. The van der Waals surface area contributed by atoms with Crippen molar-refractivity contribution in [1.82, 2.24) is 4.98 Å². The molecule has 0 spiro atoms. The Morgan fingerprint density at radius 1 is 0.611 bits per heavy atom. The number of rotatable bonds is 0. The van der Waals surface area contributed by atoms with E-state index >= 15 is 0 Å². The molecule has 0 fully saturated rings. The molecule has 0 aliphatic carbocycles.